The zero-order valence-electron chi connectivity index (χ0n) is 15.6. The molecule has 1 aliphatic heterocycles. The minimum absolute atomic E-state index is 0.0223. The van der Waals surface area contributed by atoms with Crippen LogP contribution in [-0.4, -0.2) is 36.3 Å². The second-order valence-electron chi connectivity index (χ2n) is 6.61. The molecule has 0 spiro atoms. The quantitative estimate of drug-likeness (QED) is 0.685. The highest BCUT2D eigenvalue weighted by Gasteiger charge is 2.30. The average molecular weight is 432 g/mol. The van der Waals surface area contributed by atoms with Crippen molar-refractivity contribution in [2.45, 2.75) is 17.9 Å². The van der Waals surface area contributed by atoms with Crippen LogP contribution in [-0.2, 0) is 23.0 Å². The Morgan fingerprint density at radius 3 is 2.45 bits per heavy atom. The Labute approximate surface area is 173 Å². The Morgan fingerprint density at radius 2 is 1.79 bits per heavy atom. The molecule has 0 atom stereocenters. The number of ether oxygens (including phenoxy) is 1. The predicted octanol–water partition coefficient (Wildman–Crippen LogP) is 2.85. The molecule has 0 radical (unpaired) electrons. The first kappa shape index (κ1) is 19.6. The Hall–Kier alpha value is -2.68. The van der Waals surface area contributed by atoms with Crippen molar-refractivity contribution < 1.29 is 13.2 Å². The van der Waals surface area contributed by atoms with Crippen molar-refractivity contribution in [3.8, 4) is 17.1 Å². The summed E-state index contributed by atoms with van der Waals surface area (Å²) in [5.41, 5.74) is 1.40. The van der Waals surface area contributed by atoms with Crippen molar-refractivity contribution in [3.63, 3.8) is 0 Å². The van der Waals surface area contributed by atoms with Gasteiger partial charge in [-0.05, 0) is 48.5 Å². The molecule has 29 heavy (non-hydrogen) atoms. The van der Waals surface area contributed by atoms with Crippen LogP contribution in [0, 0.1) is 0 Å². The summed E-state index contributed by atoms with van der Waals surface area (Å²) < 4.78 is 32.3. The molecule has 0 bridgehead atoms. The summed E-state index contributed by atoms with van der Waals surface area (Å²) in [6, 6.07) is 13.2. The molecule has 1 aliphatic rings. The lowest BCUT2D eigenvalue weighted by Crippen LogP contribution is -2.39. The fraction of sp³-hybridized carbons (Fsp3) is 0.200. The second kappa shape index (κ2) is 7.62. The van der Waals surface area contributed by atoms with Crippen LogP contribution < -0.4 is 10.3 Å². The highest BCUT2D eigenvalue weighted by atomic mass is 35.5. The molecular weight excluding hydrogens is 414 g/mol. The summed E-state index contributed by atoms with van der Waals surface area (Å²) >= 11 is 5.85. The van der Waals surface area contributed by atoms with E-state index in [1.54, 1.807) is 19.2 Å². The average Bonchev–Trinajstić information content (AvgIpc) is 2.74. The minimum atomic E-state index is -3.73. The van der Waals surface area contributed by atoms with Crippen molar-refractivity contribution in [2.24, 2.45) is 0 Å². The third kappa shape index (κ3) is 3.78. The number of halogens is 1. The summed E-state index contributed by atoms with van der Waals surface area (Å²) in [7, 11) is -2.15. The molecule has 0 saturated carbocycles. The summed E-state index contributed by atoms with van der Waals surface area (Å²) in [5, 5.41) is 0.458. The monoisotopic (exact) mass is 431 g/mol. The molecule has 150 valence electrons. The van der Waals surface area contributed by atoms with Gasteiger partial charge in [-0.2, -0.15) is 4.31 Å². The van der Waals surface area contributed by atoms with Crippen molar-refractivity contribution >= 4 is 21.6 Å². The van der Waals surface area contributed by atoms with Gasteiger partial charge < -0.3 is 9.72 Å². The highest BCUT2D eigenvalue weighted by Crippen LogP contribution is 2.25. The van der Waals surface area contributed by atoms with Gasteiger partial charge in [0.15, 0.2) is 0 Å². The van der Waals surface area contributed by atoms with Gasteiger partial charge in [-0.15, -0.1) is 0 Å². The SMILES string of the molecule is COc1ccc(-c2nc3c(c(=O)[nH]2)CN(S(=O)(=O)c2ccc(Cl)cc2)CC3)cc1. The van der Waals surface area contributed by atoms with E-state index in [0.717, 1.165) is 5.56 Å². The van der Waals surface area contributed by atoms with Crippen LogP contribution in [0.25, 0.3) is 11.4 Å². The van der Waals surface area contributed by atoms with Crippen LogP contribution >= 0.6 is 11.6 Å². The van der Waals surface area contributed by atoms with Crippen LogP contribution in [0.15, 0.2) is 58.2 Å². The second-order valence-corrected chi connectivity index (χ2v) is 8.99. The van der Waals surface area contributed by atoms with Gasteiger partial charge in [-0.1, -0.05) is 11.6 Å². The van der Waals surface area contributed by atoms with E-state index in [1.807, 2.05) is 12.1 Å². The molecule has 1 N–H and O–H groups in total. The lowest BCUT2D eigenvalue weighted by atomic mass is 10.1. The van der Waals surface area contributed by atoms with Crippen molar-refractivity contribution in [1.29, 1.82) is 0 Å². The molecule has 0 fully saturated rings. The van der Waals surface area contributed by atoms with Gasteiger partial charge in [0, 0.05) is 30.1 Å². The summed E-state index contributed by atoms with van der Waals surface area (Å²) in [4.78, 5) is 20.1. The highest BCUT2D eigenvalue weighted by molar-refractivity contribution is 7.89. The summed E-state index contributed by atoms with van der Waals surface area (Å²) in [6.07, 6.45) is 0.356. The molecule has 7 nitrogen and oxygen atoms in total. The number of hydrogen-bond donors (Lipinski definition) is 1. The number of aromatic amines is 1. The van der Waals surface area contributed by atoms with E-state index < -0.39 is 10.0 Å². The molecule has 0 aliphatic carbocycles. The van der Waals surface area contributed by atoms with Crippen LogP contribution in [0.1, 0.15) is 11.3 Å². The number of hydrogen-bond acceptors (Lipinski definition) is 5. The first-order valence-electron chi connectivity index (χ1n) is 8.91. The largest absolute Gasteiger partial charge is 0.497 e. The van der Waals surface area contributed by atoms with Gasteiger partial charge >= 0.3 is 0 Å². The van der Waals surface area contributed by atoms with Gasteiger partial charge in [0.1, 0.15) is 11.6 Å². The zero-order valence-corrected chi connectivity index (χ0v) is 17.1. The molecule has 9 heteroatoms. The number of nitrogens with zero attached hydrogens (tertiary/aromatic N) is 2. The van der Waals surface area contributed by atoms with E-state index in [-0.39, 0.29) is 23.5 Å². The van der Waals surface area contributed by atoms with E-state index in [4.69, 9.17) is 16.3 Å². The van der Waals surface area contributed by atoms with Crippen molar-refractivity contribution in [1.82, 2.24) is 14.3 Å². The molecule has 2 heterocycles. The predicted molar refractivity (Wildman–Crippen MR) is 110 cm³/mol. The molecule has 0 amide bonds. The number of methoxy groups -OCH3 is 1. The summed E-state index contributed by atoms with van der Waals surface area (Å²) in [5.74, 6) is 1.16. The number of rotatable bonds is 4. The fourth-order valence-corrected chi connectivity index (χ4v) is 4.78. The smallest absolute Gasteiger partial charge is 0.255 e. The van der Waals surface area contributed by atoms with E-state index in [2.05, 4.69) is 9.97 Å². The Bertz CT molecular complexity index is 1210. The third-order valence-electron chi connectivity index (χ3n) is 4.85. The van der Waals surface area contributed by atoms with Crippen LogP contribution in [0.2, 0.25) is 5.02 Å². The van der Waals surface area contributed by atoms with Crippen molar-refractivity contribution in [3.05, 3.63) is 75.2 Å². The van der Waals surface area contributed by atoms with Gasteiger partial charge in [0.05, 0.1) is 23.3 Å². The molecule has 0 unspecified atom stereocenters. The number of H-pyrrole nitrogens is 1. The zero-order chi connectivity index (χ0) is 20.6. The number of nitrogens with one attached hydrogen (secondary N) is 1. The maximum atomic E-state index is 12.9. The van der Waals surface area contributed by atoms with E-state index in [9.17, 15) is 13.2 Å². The van der Waals surface area contributed by atoms with Gasteiger partial charge in [-0.25, -0.2) is 13.4 Å². The Morgan fingerprint density at radius 1 is 1.10 bits per heavy atom. The van der Waals surface area contributed by atoms with E-state index in [1.165, 1.54) is 28.6 Å². The van der Waals surface area contributed by atoms with E-state index >= 15 is 0 Å². The lowest BCUT2D eigenvalue weighted by molar-refractivity contribution is 0.385. The minimum Gasteiger partial charge on any atom is -0.497 e. The first-order chi connectivity index (χ1) is 13.9. The summed E-state index contributed by atoms with van der Waals surface area (Å²) in [6.45, 7) is 0.224. The maximum Gasteiger partial charge on any atom is 0.255 e. The normalized spacial score (nSPS) is 14.4. The van der Waals surface area contributed by atoms with Gasteiger partial charge in [0.25, 0.3) is 5.56 Å². The maximum absolute atomic E-state index is 12.9. The molecule has 2 aromatic carbocycles. The standard InChI is InChI=1S/C20H18ClN3O4S/c1-28-15-6-2-13(3-7-15)19-22-18-10-11-24(12-17(18)20(25)23-19)29(26,27)16-8-4-14(21)5-9-16/h2-9H,10-12H2,1H3,(H,22,23,25). The molecule has 3 aromatic rings. The number of sulfonamides is 1. The lowest BCUT2D eigenvalue weighted by Gasteiger charge is -2.27. The molecular formula is C20H18ClN3O4S. The Kier molecular flexibility index (Phi) is 5.16. The number of fused-ring (bicyclic) bond motifs is 1. The van der Waals surface area contributed by atoms with Crippen LogP contribution in [0.5, 0.6) is 5.75 Å². The van der Waals surface area contributed by atoms with Crippen LogP contribution in [0.3, 0.4) is 0 Å². The van der Waals surface area contributed by atoms with Crippen LogP contribution in [0.4, 0.5) is 0 Å². The molecule has 1 aromatic heterocycles. The van der Waals surface area contributed by atoms with Gasteiger partial charge in [0.2, 0.25) is 10.0 Å². The van der Waals surface area contributed by atoms with E-state index in [0.29, 0.717) is 34.3 Å². The Balaban J connectivity index is 1.65. The fourth-order valence-electron chi connectivity index (χ4n) is 3.25. The molecule has 4 rings (SSSR count). The van der Waals surface area contributed by atoms with Gasteiger partial charge in [-0.3, -0.25) is 4.79 Å². The van der Waals surface area contributed by atoms with Crippen molar-refractivity contribution in [2.75, 3.05) is 13.7 Å². The number of aromatic nitrogens is 2. The third-order valence-corrected chi connectivity index (χ3v) is 6.96. The first-order valence-corrected chi connectivity index (χ1v) is 10.7. The number of benzene rings is 2. The topological polar surface area (TPSA) is 92.4 Å². The molecule has 0 saturated heterocycles.